The lowest BCUT2D eigenvalue weighted by Crippen LogP contribution is -2.36. The van der Waals surface area contributed by atoms with Crippen LogP contribution in [0, 0.1) is 12.8 Å². The third-order valence-electron chi connectivity index (χ3n) is 5.34. The lowest BCUT2D eigenvalue weighted by molar-refractivity contribution is 0.0600. The molecule has 0 saturated heterocycles. The number of methoxy groups -OCH3 is 1. The van der Waals surface area contributed by atoms with Gasteiger partial charge < -0.3 is 15.0 Å². The molecule has 1 aromatic rings. The molecule has 0 bridgehead atoms. The molecule has 1 unspecified atom stereocenters. The van der Waals surface area contributed by atoms with Gasteiger partial charge in [-0.1, -0.05) is 11.6 Å². The third-order valence-corrected chi connectivity index (χ3v) is 5.56. The number of nitrogens with zero attached hydrogens (tertiary/aromatic N) is 1. The van der Waals surface area contributed by atoms with E-state index in [1.807, 2.05) is 13.0 Å². The van der Waals surface area contributed by atoms with Gasteiger partial charge in [0.2, 0.25) is 0 Å². The van der Waals surface area contributed by atoms with Crippen molar-refractivity contribution in [2.24, 2.45) is 5.92 Å². The maximum Gasteiger partial charge on any atom is 0.338 e. The lowest BCUT2D eigenvalue weighted by Gasteiger charge is -2.36. The molecule has 4 nitrogen and oxygen atoms in total. The van der Waals surface area contributed by atoms with E-state index in [4.69, 9.17) is 16.3 Å². The van der Waals surface area contributed by atoms with Crippen molar-refractivity contribution in [3.8, 4) is 0 Å². The summed E-state index contributed by atoms with van der Waals surface area (Å²) in [5, 5.41) is 4.13. The maximum absolute atomic E-state index is 11.9. The van der Waals surface area contributed by atoms with Crippen LogP contribution in [0.4, 0.5) is 5.69 Å². The monoisotopic (exact) mass is 352 g/mol. The summed E-state index contributed by atoms with van der Waals surface area (Å²) < 4.78 is 4.85. The van der Waals surface area contributed by atoms with Gasteiger partial charge >= 0.3 is 5.97 Å². The first-order chi connectivity index (χ1) is 11.3. The van der Waals surface area contributed by atoms with E-state index in [-0.39, 0.29) is 5.97 Å². The Bertz CT molecular complexity index is 581. The highest BCUT2D eigenvalue weighted by molar-refractivity contribution is 6.31. The Labute approximate surface area is 150 Å². The van der Waals surface area contributed by atoms with Crippen LogP contribution in [0.15, 0.2) is 12.1 Å². The minimum Gasteiger partial charge on any atom is -0.465 e. The van der Waals surface area contributed by atoms with E-state index in [0.29, 0.717) is 28.6 Å². The first-order valence-corrected chi connectivity index (χ1v) is 9.02. The van der Waals surface area contributed by atoms with Crippen molar-refractivity contribution in [1.82, 2.24) is 4.90 Å². The fourth-order valence-corrected chi connectivity index (χ4v) is 3.85. The van der Waals surface area contributed by atoms with Crippen LogP contribution in [0.1, 0.15) is 48.5 Å². The Hall–Kier alpha value is -1.26. The van der Waals surface area contributed by atoms with Gasteiger partial charge in [-0.25, -0.2) is 4.79 Å². The van der Waals surface area contributed by atoms with Crippen LogP contribution in [0.3, 0.4) is 0 Å². The molecule has 1 aliphatic rings. The Morgan fingerprint density at radius 2 is 1.92 bits per heavy atom. The SMILES string of the molecule is COC(=O)c1cc(Cl)cc(NC(C)C2CCC(N(C)C)CC2)c1C. The molecule has 1 aromatic carbocycles. The summed E-state index contributed by atoms with van der Waals surface area (Å²) in [5.41, 5.74) is 2.33. The van der Waals surface area contributed by atoms with Crippen LogP contribution in [0.2, 0.25) is 5.02 Å². The zero-order valence-corrected chi connectivity index (χ0v) is 16.1. The van der Waals surface area contributed by atoms with Crippen LogP contribution >= 0.6 is 11.6 Å². The summed E-state index contributed by atoms with van der Waals surface area (Å²) in [7, 11) is 5.72. The summed E-state index contributed by atoms with van der Waals surface area (Å²) >= 11 is 6.19. The van der Waals surface area contributed by atoms with Gasteiger partial charge in [-0.3, -0.25) is 0 Å². The van der Waals surface area contributed by atoms with E-state index in [1.54, 1.807) is 6.07 Å². The molecule has 1 atom stereocenters. The second-order valence-electron chi connectivity index (χ2n) is 7.08. The quantitative estimate of drug-likeness (QED) is 0.799. The number of benzene rings is 1. The third kappa shape index (κ3) is 4.42. The predicted octanol–water partition coefficient (Wildman–Crippen LogP) is 4.36. The van der Waals surface area contributed by atoms with Crippen molar-refractivity contribution < 1.29 is 9.53 Å². The average Bonchev–Trinajstić information content (AvgIpc) is 2.57. The van der Waals surface area contributed by atoms with Crippen molar-refractivity contribution in [1.29, 1.82) is 0 Å². The van der Waals surface area contributed by atoms with Crippen molar-refractivity contribution in [3.05, 3.63) is 28.3 Å². The summed E-state index contributed by atoms with van der Waals surface area (Å²) in [6.07, 6.45) is 4.93. The standard InChI is InChI=1S/C19H29ClN2O2/c1-12-17(19(23)24-5)10-15(20)11-18(12)21-13(2)14-6-8-16(9-7-14)22(3)4/h10-11,13-14,16,21H,6-9H2,1-5H3. The summed E-state index contributed by atoms with van der Waals surface area (Å²) in [5.74, 6) is 0.290. The van der Waals surface area contributed by atoms with Crippen LogP contribution in [-0.4, -0.2) is 44.2 Å². The van der Waals surface area contributed by atoms with E-state index in [0.717, 1.165) is 11.3 Å². The second-order valence-corrected chi connectivity index (χ2v) is 7.52. The van der Waals surface area contributed by atoms with E-state index in [1.165, 1.54) is 32.8 Å². The van der Waals surface area contributed by atoms with Crippen LogP contribution in [0.25, 0.3) is 0 Å². The molecular weight excluding hydrogens is 324 g/mol. The minimum atomic E-state index is -0.350. The van der Waals surface area contributed by atoms with Gasteiger partial charge in [0.05, 0.1) is 12.7 Å². The molecule has 5 heteroatoms. The highest BCUT2D eigenvalue weighted by Crippen LogP contribution is 2.32. The molecule has 0 amide bonds. The van der Waals surface area contributed by atoms with Crippen molar-refractivity contribution in [2.75, 3.05) is 26.5 Å². The van der Waals surface area contributed by atoms with E-state index in [9.17, 15) is 4.79 Å². The number of hydrogen-bond acceptors (Lipinski definition) is 4. The zero-order chi connectivity index (χ0) is 17.9. The molecule has 0 radical (unpaired) electrons. The zero-order valence-electron chi connectivity index (χ0n) is 15.4. The molecule has 2 rings (SSSR count). The van der Waals surface area contributed by atoms with Gasteiger partial charge in [-0.2, -0.15) is 0 Å². The van der Waals surface area contributed by atoms with Crippen LogP contribution in [-0.2, 0) is 4.74 Å². The normalized spacial score (nSPS) is 22.3. The van der Waals surface area contributed by atoms with Gasteiger partial charge in [0.25, 0.3) is 0 Å². The number of hydrogen-bond donors (Lipinski definition) is 1. The molecule has 1 N–H and O–H groups in total. The number of nitrogens with one attached hydrogen (secondary N) is 1. The summed E-state index contributed by atoms with van der Waals surface area (Å²) in [6, 6.07) is 4.61. The topological polar surface area (TPSA) is 41.6 Å². The van der Waals surface area contributed by atoms with Crippen molar-refractivity contribution >= 4 is 23.3 Å². The molecule has 1 saturated carbocycles. The number of esters is 1. The molecule has 0 heterocycles. The minimum absolute atomic E-state index is 0.343. The van der Waals surface area contributed by atoms with Crippen LogP contribution < -0.4 is 5.32 Å². The molecule has 0 aliphatic heterocycles. The Kier molecular flexibility index (Phi) is 6.53. The van der Waals surface area contributed by atoms with Gasteiger partial charge in [0, 0.05) is 22.8 Å². The Balaban J connectivity index is 2.08. The van der Waals surface area contributed by atoms with E-state index in [2.05, 4.69) is 31.2 Å². The molecule has 1 fully saturated rings. The molecular formula is C19H29ClN2O2. The lowest BCUT2D eigenvalue weighted by atomic mass is 9.81. The fourth-order valence-electron chi connectivity index (χ4n) is 3.63. The van der Waals surface area contributed by atoms with Crippen molar-refractivity contribution in [2.45, 2.75) is 51.6 Å². The smallest absolute Gasteiger partial charge is 0.338 e. The average molecular weight is 353 g/mol. The molecule has 1 aliphatic carbocycles. The molecule has 24 heavy (non-hydrogen) atoms. The first kappa shape index (κ1) is 19.1. The van der Waals surface area contributed by atoms with Gasteiger partial charge in [0.1, 0.15) is 0 Å². The first-order valence-electron chi connectivity index (χ1n) is 8.65. The number of ether oxygens (including phenoxy) is 1. The second kappa shape index (κ2) is 8.21. The highest BCUT2D eigenvalue weighted by Gasteiger charge is 2.26. The van der Waals surface area contributed by atoms with Gasteiger partial charge in [0.15, 0.2) is 0 Å². The molecule has 0 spiro atoms. The number of carbonyl (C=O) groups is 1. The summed E-state index contributed by atoms with van der Waals surface area (Å²) in [4.78, 5) is 14.2. The largest absolute Gasteiger partial charge is 0.465 e. The van der Waals surface area contributed by atoms with Crippen LogP contribution in [0.5, 0.6) is 0 Å². The Morgan fingerprint density at radius 3 is 2.46 bits per heavy atom. The number of anilines is 1. The number of halogens is 1. The Morgan fingerprint density at radius 1 is 1.29 bits per heavy atom. The van der Waals surface area contributed by atoms with E-state index < -0.39 is 0 Å². The maximum atomic E-state index is 11.9. The predicted molar refractivity (Wildman–Crippen MR) is 100 cm³/mol. The van der Waals surface area contributed by atoms with Crippen molar-refractivity contribution in [3.63, 3.8) is 0 Å². The number of rotatable bonds is 5. The molecule has 134 valence electrons. The highest BCUT2D eigenvalue weighted by atomic mass is 35.5. The molecule has 0 aromatic heterocycles. The summed E-state index contributed by atoms with van der Waals surface area (Å²) in [6.45, 7) is 4.15. The van der Waals surface area contributed by atoms with Gasteiger partial charge in [-0.15, -0.1) is 0 Å². The number of carbonyl (C=O) groups excluding carboxylic acids is 1. The fraction of sp³-hybridized carbons (Fsp3) is 0.632. The van der Waals surface area contributed by atoms with E-state index >= 15 is 0 Å². The van der Waals surface area contributed by atoms with Gasteiger partial charge in [-0.05, 0) is 77.2 Å².